The number of hydrogen-bond acceptors (Lipinski definition) is 7. The molecule has 120 valence electrons. The van der Waals surface area contributed by atoms with Crippen LogP contribution in [0, 0.1) is 11.3 Å². The molecular formula is C11H9F3N2O5S. The van der Waals surface area contributed by atoms with Crippen LogP contribution in [-0.4, -0.2) is 33.9 Å². The Bertz CT molecular complexity index is 722. The zero-order chi connectivity index (χ0) is 17.0. The summed E-state index contributed by atoms with van der Waals surface area (Å²) in [5, 5.41) is 11.6. The monoisotopic (exact) mass is 338 g/mol. The lowest BCUT2D eigenvalue weighted by Gasteiger charge is -2.08. The molecule has 0 fully saturated rings. The second-order valence-corrected chi connectivity index (χ2v) is 5.12. The molecule has 22 heavy (non-hydrogen) atoms. The molecule has 0 N–H and O–H groups in total. The van der Waals surface area contributed by atoms with Gasteiger partial charge >= 0.3 is 15.6 Å². The highest BCUT2D eigenvalue weighted by molar-refractivity contribution is 7.87. The Labute approximate surface area is 123 Å². The first-order chi connectivity index (χ1) is 10.2. The molecule has 0 aromatic heterocycles. The van der Waals surface area contributed by atoms with E-state index in [1.54, 1.807) is 0 Å². The maximum Gasteiger partial charge on any atom is 0.536 e. The minimum atomic E-state index is -5.93. The lowest BCUT2D eigenvalue weighted by molar-refractivity contribution is -0.0540. The molecule has 0 heterocycles. The fourth-order valence-corrected chi connectivity index (χ4v) is 1.51. The van der Waals surface area contributed by atoms with Gasteiger partial charge in [-0.2, -0.15) is 26.9 Å². The maximum absolute atomic E-state index is 12.1. The third kappa shape index (κ3) is 3.79. The highest BCUT2D eigenvalue weighted by Gasteiger charge is 2.49. The van der Waals surface area contributed by atoms with Crippen LogP contribution < -0.4 is 9.47 Å². The number of nitriles is 1. The molecule has 0 amide bonds. The average Bonchev–Trinajstić information content (AvgIpc) is 2.46. The summed E-state index contributed by atoms with van der Waals surface area (Å²) in [6.07, 6.45) is 0. The molecule has 0 saturated carbocycles. The molecule has 1 rings (SSSR count). The Morgan fingerprint density at radius 1 is 1.23 bits per heavy atom. The van der Waals surface area contributed by atoms with Crippen LogP contribution in [0.1, 0.15) is 5.56 Å². The third-order valence-electron chi connectivity index (χ3n) is 2.27. The van der Waals surface area contributed by atoms with E-state index < -0.39 is 21.3 Å². The molecular weight excluding hydrogens is 329 g/mol. The van der Waals surface area contributed by atoms with Gasteiger partial charge in [-0.1, -0.05) is 5.16 Å². The first kappa shape index (κ1) is 17.6. The molecule has 0 saturated heterocycles. The van der Waals surface area contributed by atoms with Gasteiger partial charge in [0, 0.05) is 5.56 Å². The van der Waals surface area contributed by atoms with Gasteiger partial charge in [0.05, 0.1) is 14.2 Å². The van der Waals surface area contributed by atoms with Crippen molar-refractivity contribution in [3.8, 4) is 17.6 Å². The predicted molar refractivity (Wildman–Crippen MR) is 67.8 cm³/mol. The third-order valence-corrected chi connectivity index (χ3v) is 3.11. The Balaban J connectivity index is 3.18. The van der Waals surface area contributed by atoms with E-state index in [1.165, 1.54) is 38.5 Å². The van der Waals surface area contributed by atoms with Gasteiger partial charge in [0.1, 0.15) is 6.07 Å². The first-order valence-corrected chi connectivity index (χ1v) is 6.77. The van der Waals surface area contributed by atoms with E-state index in [4.69, 9.17) is 14.7 Å². The predicted octanol–water partition coefficient (Wildman–Crippen LogP) is 1.80. The Hall–Kier alpha value is -2.48. The van der Waals surface area contributed by atoms with Crippen LogP contribution in [-0.2, 0) is 14.4 Å². The van der Waals surface area contributed by atoms with Crippen molar-refractivity contribution in [3.63, 3.8) is 0 Å². The topological polar surface area (TPSA) is 98.0 Å². The van der Waals surface area contributed by atoms with E-state index in [0.717, 1.165) is 0 Å². The van der Waals surface area contributed by atoms with E-state index in [2.05, 4.69) is 9.44 Å². The van der Waals surface area contributed by atoms with Crippen LogP contribution in [0.25, 0.3) is 0 Å². The van der Waals surface area contributed by atoms with Gasteiger partial charge in [-0.05, 0) is 18.2 Å². The summed E-state index contributed by atoms with van der Waals surface area (Å²) in [6, 6.07) is 5.29. The minimum absolute atomic E-state index is 0.0162. The smallest absolute Gasteiger partial charge is 0.493 e. The van der Waals surface area contributed by atoms with Gasteiger partial charge in [0.25, 0.3) is 0 Å². The van der Waals surface area contributed by atoms with Crippen LogP contribution in [0.5, 0.6) is 11.5 Å². The standard InChI is InChI=1S/C11H9F3N2O5S/c1-19-9-4-3-7(5-10(9)20-2)8(6-15)16-21-22(17,18)11(12,13)14/h3-5H,1-2H3/b16-8+. The molecule has 7 nitrogen and oxygen atoms in total. The van der Waals surface area contributed by atoms with E-state index >= 15 is 0 Å². The molecule has 0 aliphatic rings. The van der Waals surface area contributed by atoms with Crippen LogP contribution in [0.15, 0.2) is 23.4 Å². The Morgan fingerprint density at radius 3 is 2.27 bits per heavy atom. The van der Waals surface area contributed by atoms with Crippen molar-refractivity contribution in [1.82, 2.24) is 0 Å². The van der Waals surface area contributed by atoms with Crippen molar-refractivity contribution in [1.29, 1.82) is 5.26 Å². The average molecular weight is 338 g/mol. The van der Waals surface area contributed by atoms with Gasteiger partial charge < -0.3 is 9.47 Å². The normalized spacial score (nSPS) is 12.5. The lowest BCUT2D eigenvalue weighted by Crippen LogP contribution is -2.24. The molecule has 0 atom stereocenters. The molecule has 11 heteroatoms. The summed E-state index contributed by atoms with van der Waals surface area (Å²) in [5.74, 6) is 0.467. The lowest BCUT2D eigenvalue weighted by atomic mass is 10.1. The number of oxime groups is 1. The number of alkyl halides is 3. The molecule has 0 aliphatic carbocycles. The number of rotatable bonds is 5. The van der Waals surface area contributed by atoms with E-state index in [0.29, 0.717) is 5.75 Å². The van der Waals surface area contributed by atoms with Crippen LogP contribution in [0.4, 0.5) is 13.2 Å². The number of methoxy groups -OCH3 is 2. The quantitative estimate of drug-likeness (QED) is 0.461. The first-order valence-electron chi connectivity index (χ1n) is 5.36. The zero-order valence-electron chi connectivity index (χ0n) is 11.2. The Morgan fingerprint density at radius 2 is 1.82 bits per heavy atom. The van der Waals surface area contributed by atoms with Crippen molar-refractivity contribution in [2.75, 3.05) is 14.2 Å². The molecule has 0 unspecified atom stereocenters. The second-order valence-electron chi connectivity index (χ2n) is 3.60. The van der Waals surface area contributed by atoms with Crippen molar-refractivity contribution in [3.05, 3.63) is 23.8 Å². The summed E-state index contributed by atoms with van der Waals surface area (Å²) in [4.78, 5) is 0. The number of hydrogen-bond donors (Lipinski definition) is 0. The number of benzene rings is 1. The zero-order valence-corrected chi connectivity index (χ0v) is 12.0. The van der Waals surface area contributed by atoms with E-state index in [9.17, 15) is 21.6 Å². The van der Waals surface area contributed by atoms with Gasteiger partial charge in [-0.15, -0.1) is 0 Å². The summed E-state index contributed by atoms with van der Waals surface area (Å²) >= 11 is 0. The molecule has 0 spiro atoms. The number of nitrogens with zero attached hydrogens (tertiary/aromatic N) is 2. The van der Waals surface area contributed by atoms with Crippen molar-refractivity contribution >= 4 is 15.8 Å². The fraction of sp³-hybridized carbons (Fsp3) is 0.273. The summed E-state index contributed by atoms with van der Waals surface area (Å²) < 4.78 is 71.1. The molecule has 1 aromatic rings. The van der Waals surface area contributed by atoms with Crippen molar-refractivity contribution in [2.24, 2.45) is 5.16 Å². The van der Waals surface area contributed by atoms with Crippen LogP contribution in [0.2, 0.25) is 0 Å². The second kappa shape index (κ2) is 6.52. The summed E-state index contributed by atoms with van der Waals surface area (Å²) in [7, 11) is -3.28. The molecule has 0 bridgehead atoms. The maximum atomic E-state index is 12.1. The molecule has 0 radical (unpaired) electrons. The highest BCUT2D eigenvalue weighted by atomic mass is 32.2. The molecule has 1 aromatic carbocycles. The van der Waals surface area contributed by atoms with E-state index in [1.807, 2.05) is 0 Å². The van der Waals surface area contributed by atoms with Gasteiger partial charge in [0.15, 0.2) is 17.2 Å². The highest BCUT2D eigenvalue weighted by Crippen LogP contribution is 2.28. The van der Waals surface area contributed by atoms with Gasteiger partial charge in [0.2, 0.25) is 0 Å². The summed E-state index contributed by atoms with van der Waals surface area (Å²) in [6.45, 7) is 0. The SMILES string of the molecule is COc1ccc(/C(C#N)=N/OS(=O)(=O)C(F)(F)F)cc1OC. The fourth-order valence-electron chi connectivity index (χ4n) is 1.25. The largest absolute Gasteiger partial charge is 0.536 e. The number of ether oxygens (including phenoxy) is 2. The number of halogens is 3. The van der Waals surface area contributed by atoms with Gasteiger partial charge in [-0.3, -0.25) is 4.28 Å². The van der Waals surface area contributed by atoms with Crippen molar-refractivity contribution in [2.45, 2.75) is 5.51 Å². The van der Waals surface area contributed by atoms with Crippen LogP contribution in [0.3, 0.4) is 0 Å². The molecule has 0 aliphatic heterocycles. The Kier molecular flexibility index (Phi) is 5.21. The van der Waals surface area contributed by atoms with Gasteiger partial charge in [-0.25, -0.2) is 0 Å². The minimum Gasteiger partial charge on any atom is -0.493 e. The van der Waals surface area contributed by atoms with Crippen LogP contribution >= 0.6 is 0 Å². The van der Waals surface area contributed by atoms with E-state index in [-0.39, 0.29) is 11.3 Å². The van der Waals surface area contributed by atoms with Crippen molar-refractivity contribution < 1.29 is 35.3 Å². The summed E-state index contributed by atoms with van der Waals surface area (Å²) in [5.41, 5.74) is -6.35.